The Balaban J connectivity index is 1.77. The number of nitrogens with two attached hydrogens (primary N) is 1. The van der Waals surface area contributed by atoms with E-state index in [1.165, 1.54) is 4.90 Å². The van der Waals surface area contributed by atoms with Crippen LogP contribution in [0, 0.1) is 0 Å². The lowest BCUT2D eigenvalue weighted by atomic mass is 9.77. The summed E-state index contributed by atoms with van der Waals surface area (Å²) in [5.74, 6) is 0. The van der Waals surface area contributed by atoms with Gasteiger partial charge in [-0.15, -0.1) is 0 Å². The van der Waals surface area contributed by atoms with Gasteiger partial charge in [-0.3, -0.25) is 0 Å². The fourth-order valence-electron chi connectivity index (χ4n) is 4.71. The minimum absolute atomic E-state index is 0.0788. The third kappa shape index (κ3) is 3.82. The molecule has 2 aromatic rings. The summed E-state index contributed by atoms with van der Waals surface area (Å²) >= 11 is 0. The van der Waals surface area contributed by atoms with Crippen molar-refractivity contribution in [1.29, 1.82) is 0 Å². The Labute approximate surface area is 179 Å². The molecule has 0 spiro atoms. The first-order valence-corrected chi connectivity index (χ1v) is 10.0. The third-order valence-corrected chi connectivity index (χ3v) is 6.51. The number of rotatable bonds is 3. The quantitative estimate of drug-likeness (QED) is 0.541. The van der Waals surface area contributed by atoms with Crippen molar-refractivity contribution in [1.82, 2.24) is 0 Å². The number of alkyl halides is 8. The van der Waals surface area contributed by atoms with Gasteiger partial charge in [-0.05, 0) is 66.3 Å². The highest BCUT2D eigenvalue weighted by atomic mass is 19.4. The van der Waals surface area contributed by atoms with Crippen LogP contribution in [0.5, 0.6) is 0 Å². The van der Waals surface area contributed by atoms with E-state index in [0.29, 0.717) is 24.2 Å². The number of hydrogen-bond acceptors (Lipinski definition) is 2. The van der Waals surface area contributed by atoms with E-state index in [1.807, 2.05) is 0 Å². The molecule has 1 fully saturated rings. The van der Waals surface area contributed by atoms with Crippen LogP contribution in [0.25, 0.3) is 0 Å². The van der Waals surface area contributed by atoms with Crippen LogP contribution < -0.4 is 10.6 Å². The molecule has 0 amide bonds. The molecule has 2 aromatic carbocycles. The van der Waals surface area contributed by atoms with Crippen molar-refractivity contribution in [2.24, 2.45) is 5.73 Å². The highest BCUT2D eigenvalue weighted by Crippen LogP contribution is 2.50. The van der Waals surface area contributed by atoms with Crippen LogP contribution in [-0.2, 0) is 18.0 Å². The average Bonchev–Trinajstić information content (AvgIpc) is 3.32. The van der Waals surface area contributed by atoms with E-state index < -0.39 is 53.8 Å². The predicted molar refractivity (Wildman–Crippen MR) is 103 cm³/mol. The summed E-state index contributed by atoms with van der Waals surface area (Å²) in [7, 11) is 0. The van der Waals surface area contributed by atoms with E-state index in [9.17, 15) is 35.1 Å². The van der Waals surface area contributed by atoms with E-state index in [1.54, 1.807) is 18.2 Å². The molecule has 1 aliphatic heterocycles. The molecule has 0 bridgehead atoms. The van der Waals surface area contributed by atoms with Gasteiger partial charge in [0.1, 0.15) is 5.41 Å². The molecule has 32 heavy (non-hydrogen) atoms. The fourth-order valence-corrected chi connectivity index (χ4v) is 4.71. The summed E-state index contributed by atoms with van der Waals surface area (Å²) in [6.45, 7) is -0.740. The maximum Gasteiger partial charge on any atom is 0.416 e. The zero-order valence-electron chi connectivity index (χ0n) is 16.7. The van der Waals surface area contributed by atoms with Gasteiger partial charge in [0, 0.05) is 30.4 Å². The number of halogens is 8. The van der Waals surface area contributed by atoms with Gasteiger partial charge < -0.3 is 10.6 Å². The van der Waals surface area contributed by atoms with Crippen LogP contribution >= 0.6 is 0 Å². The van der Waals surface area contributed by atoms with Gasteiger partial charge in [-0.25, -0.2) is 8.78 Å². The lowest BCUT2D eigenvalue weighted by molar-refractivity contribution is -0.184. The second-order valence-electron chi connectivity index (χ2n) is 8.42. The van der Waals surface area contributed by atoms with Crippen LogP contribution in [0.15, 0.2) is 36.4 Å². The highest BCUT2D eigenvalue weighted by molar-refractivity contribution is 5.55. The Bertz CT molecular complexity index is 1010. The third-order valence-electron chi connectivity index (χ3n) is 6.51. The lowest BCUT2D eigenvalue weighted by Gasteiger charge is -2.33. The molecule has 2 nitrogen and oxygen atoms in total. The van der Waals surface area contributed by atoms with Crippen molar-refractivity contribution in [3.63, 3.8) is 0 Å². The predicted octanol–water partition coefficient (Wildman–Crippen LogP) is 6.30. The van der Waals surface area contributed by atoms with Gasteiger partial charge in [-0.1, -0.05) is 6.07 Å². The molecule has 1 heterocycles. The van der Waals surface area contributed by atoms with Gasteiger partial charge in [0.25, 0.3) is 6.43 Å². The molecule has 1 aliphatic carbocycles. The zero-order valence-corrected chi connectivity index (χ0v) is 16.7. The molecule has 2 aliphatic rings. The summed E-state index contributed by atoms with van der Waals surface area (Å²) in [6.07, 6.45) is -12.5. The summed E-state index contributed by atoms with van der Waals surface area (Å²) in [4.78, 5) is 1.44. The van der Waals surface area contributed by atoms with Crippen LogP contribution in [0.3, 0.4) is 0 Å². The molecule has 4 rings (SSSR count). The molecule has 174 valence electrons. The van der Waals surface area contributed by atoms with Crippen LogP contribution in [-0.4, -0.2) is 19.3 Å². The molecule has 2 atom stereocenters. The molecule has 0 radical (unpaired) electrons. The Morgan fingerprint density at radius 1 is 1.00 bits per heavy atom. The first-order chi connectivity index (χ1) is 14.8. The van der Waals surface area contributed by atoms with Crippen LogP contribution in [0.1, 0.15) is 53.1 Å². The normalized spacial score (nSPS) is 23.8. The maximum atomic E-state index is 14.3. The second-order valence-corrected chi connectivity index (χ2v) is 8.42. The highest BCUT2D eigenvalue weighted by Gasteiger charge is 2.59. The number of anilines is 1. The second kappa shape index (κ2) is 7.60. The molecule has 2 N–H and O–H groups in total. The van der Waals surface area contributed by atoms with Crippen LogP contribution in [0.4, 0.5) is 40.8 Å². The smallest absolute Gasteiger partial charge is 0.370 e. The van der Waals surface area contributed by atoms with Crippen molar-refractivity contribution in [3.8, 4) is 0 Å². The summed E-state index contributed by atoms with van der Waals surface area (Å²) in [5, 5.41) is 0. The van der Waals surface area contributed by atoms with Crippen molar-refractivity contribution < 1.29 is 35.1 Å². The van der Waals surface area contributed by atoms with Gasteiger partial charge >= 0.3 is 12.4 Å². The number of hydrogen-bond donors (Lipinski definition) is 1. The molecular formula is C22H20F8N2. The standard InChI is InChI=1S/C22H20F8N2/c23-19(24)13-7-14(10-15(8-13)21(25,26)27)20(22(28,29)30)5-6-32(11-20)16-2-3-17-12(9-16)1-4-18(17)31/h2-3,7-10,18-19H,1,4-6,11,31H2. The first-order valence-electron chi connectivity index (χ1n) is 10.0. The van der Waals surface area contributed by atoms with Crippen molar-refractivity contribution in [2.45, 2.75) is 49.5 Å². The first kappa shape index (κ1) is 22.8. The minimum Gasteiger partial charge on any atom is -0.370 e. The van der Waals surface area contributed by atoms with Crippen molar-refractivity contribution >= 4 is 5.69 Å². The number of nitrogens with zero attached hydrogens (tertiary/aromatic N) is 1. The molecule has 1 saturated heterocycles. The van der Waals surface area contributed by atoms with E-state index in [4.69, 9.17) is 5.73 Å². The van der Waals surface area contributed by atoms with Gasteiger partial charge in [0.2, 0.25) is 0 Å². The number of aryl methyl sites for hydroxylation is 1. The molecule has 0 aromatic heterocycles. The van der Waals surface area contributed by atoms with Gasteiger partial charge in [0.15, 0.2) is 0 Å². The fraction of sp³-hybridized carbons (Fsp3) is 0.455. The number of fused-ring (bicyclic) bond motifs is 1. The van der Waals surface area contributed by atoms with Crippen LogP contribution in [0.2, 0.25) is 0 Å². The van der Waals surface area contributed by atoms with Gasteiger partial charge in [-0.2, -0.15) is 26.3 Å². The Kier molecular flexibility index (Phi) is 5.42. The van der Waals surface area contributed by atoms with Crippen molar-refractivity contribution in [3.05, 3.63) is 64.2 Å². The Hall–Kier alpha value is -2.36. The molecular weight excluding hydrogens is 444 g/mol. The summed E-state index contributed by atoms with van der Waals surface area (Å²) in [5.41, 5.74) is 2.27. The van der Waals surface area contributed by atoms with E-state index in [-0.39, 0.29) is 18.7 Å². The molecule has 10 heteroatoms. The van der Waals surface area contributed by atoms with E-state index >= 15 is 0 Å². The average molecular weight is 464 g/mol. The topological polar surface area (TPSA) is 29.3 Å². The monoisotopic (exact) mass is 464 g/mol. The summed E-state index contributed by atoms with van der Waals surface area (Å²) < 4.78 is 109. The largest absolute Gasteiger partial charge is 0.416 e. The molecule has 2 unspecified atom stereocenters. The molecule has 0 saturated carbocycles. The minimum atomic E-state index is -5.05. The van der Waals surface area contributed by atoms with Crippen molar-refractivity contribution in [2.75, 3.05) is 18.0 Å². The Morgan fingerprint density at radius 2 is 1.72 bits per heavy atom. The maximum absolute atomic E-state index is 14.3. The Morgan fingerprint density at radius 3 is 2.34 bits per heavy atom. The zero-order chi connectivity index (χ0) is 23.5. The summed E-state index contributed by atoms with van der Waals surface area (Å²) in [6, 6.07) is 6.13. The van der Waals surface area contributed by atoms with Gasteiger partial charge in [0.05, 0.1) is 5.56 Å². The SMILES string of the molecule is NC1CCc2cc(N3CCC(c4cc(C(F)F)cc(C(F)(F)F)c4)(C(F)(F)F)C3)ccc21. The van der Waals surface area contributed by atoms with E-state index in [2.05, 4.69) is 0 Å². The number of benzene rings is 2. The lowest BCUT2D eigenvalue weighted by Crippen LogP contribution is -2.45. The van der Waals surface area contributed by atoms with E-state index in [0.717, 1.165) is 17.5 Å².